The summed E-state index contributed by atoms with van der Waals surface area (Å²) in [6.45, 7) is 1.15. The Kier molecular flexibility index (Phi) is 5.48. The van der Waals surface area contributed by atoms with Crippen LogP contribution in [-0.2, 0) is 23.0 Å². The average Bonchev–Trinajstić information content (AvgIpc) is 2.72. The molecule has 0 unspecified atom stereocenters. The van der Waals surface area contributed by atoms with E-state index in [9.17, 15) is 13.2 Å². The summed E-state index contributed by atoms with van der Waals surface area (Å²) < 4.78 is 36.7. The molecule has 164 valence electrons. The van der Waals surface area contributed by atoms with Crippen LogP contribution in [0.2, 0.25) is 0 Å². The number of aromatic nitrogens is 2. The first-order valence-corrected chi connectivity index (χ1v) is 11.7. The van der Waals surface area contributed by atoms with Crippen LogP contribution in [0.5, 0.6) is 11.5 Å². The molecule has 2 N–H and O–H groups in total. The van der Waals surface area contributed by atoms with Gasteiger partial charge in [0.15, 0.2) is 11.5 Å². The zero-order valence-electron chi connectivity index (χ0n) is 17.6. The van der Waals surface area contributed by atoms with E-state index in [1.54, 1.807) is 18.2 Å². The molecule has 1 aliphatic heterocycles. The van der Waals surface area contributed by atoms with Gasteiger partial charge < -0.3 is 19.4 Å². The number of aromatic amines is 1. The number of ether oxygens (including phenoxy) is 2. The van der Waals surface area contributed by atoms with E-state index < -0.39 is 10.0 Å². The molecule has 31 heavy (non-hydrogen) atoms. The van der Waals surface area contributed by atoms with E-state index in [4.69, 9.17) is 9.47 Å². The molecule has 0 bridgehead atoms. The number of hydrogen-bond acceptors (Lipinski definition) is 7. The second kappa shape index (κ2) is 8.10. The third-order valence-electron chi connectivity index (χ3n) is 5.24. The topological polar surface area (TPSA) is 114 Å². The van der Waals surface area contributed by atoms with Crippen molar-refractivity contribution in [2.45, 2.75) is 19.4 Å². The molecule has 0 spiro atoms. The second-order valence-corrected chi connectivity index (χ2v) is 9.19. The van der Waals surface area contributed by atoms with Gasteiger partial charge in [0.2, 0.25) is 10.0 Å². The van der Waals surface area contributed by atoms with E-state index >= 15 is 0 Å². The van der Waals surface area contributed by atoms with Crippen LogP contribution >= 0.6 is 0 Å². The molecule has 1 aromatic heterocycles. The highest BCUT2D eigenvalue weighted by atomic mass is 32.2. The van der Waals surface area contributed by atoms with E-state index in [1.165, 1.54) is 14.2 Å². The lowest BCUT2D eigenvalue weighted by molar-refractivity contribution is 0.355. The van der Waals surface area contributed by atoms with Crippen LogP contribution in [-0.4, -0.2) is 45.4 Å². The number of nitrogens with zero attached hydrogens (tertiary/aromatic N) is 2. The number of hydrogen-bond donors (Lipinski definition) is 2. The van der Waals surface area contributed by atoms with Gasteiger partial charge in [0, 0.05) is 18.3 Å². The molecule has 0 fully saturated rings. The fraction of sp³-hybridized carbons (Fsp3) is 0.333. The maximum Gasteiger partial charge on any atom is 0.258 e. The predicted molar refractivity (Wildman–Crippen MR) is 120 cm³/mol. The quantitative estimate of drug-likeness (QED) is 0.599. The van der Waals surface area contributed by atoms with Crippen molar-refractivity contribution in [2.75, 3.05) is 36.6 Å². The third-order valence-corrected chi connectivity index (χ3v) is 5.83. The van der Waals surface area contributed by atoms with E-state index in [0.717, 1.165) is 36.9 Å². The normalized spacial score (nSPS) is 13.7. The smallest absolute Gasteiger partial charge is 0.258 e. The largest absolute Gasteiger partial charge is 0.493 e. The van der Waals surface area contributed by atoms with Crippen LogP contribution in [0, 0.1) is 0 Å². The minimum atomic E-state index is -3.38. The summed E-state index contributed by atoms with van der Waals surface area (Å²) in [5.74, 6) is 1.48. The average molecular weight is 445 g/mol. The lowest BCUT2D eigenvalue weighted by Gasteiger charge is -2.32. The molecule has 0 saturated heterocycles. The van der Waals surface area contributed by atoms with Gasteiger partial charge in [-0.15, -0.1) is 0 Å². The molecule has 0 radical (unpaired) electrons. The Balaban J connectivity index is 1.71. The van der Waals surface area contributed by atoms with Crippen LogP contribution in [0.15, 0.2) is 35.1 Å². The van der Waals surface area contributed by atoms with Gasteiger partial charge in [-0.2, -0.15) is 0 Å². The van der Waals surface area contributed by atoms with Crippen molar-refractivity contribution in [3.8, 4) is 11.5 Å². The molecule has 0 saturated carbocycles. The molecular formula is C21H24N4O5S. The van der Waals surface area contributed by atoms with Crippen LogP contribution in [0.4, 0.5) is 11.4 Å². The molecule has 9 nitrogen and oxygen atoms in total. The molecule has 3 aromatic rings. The van der Waals surface area contributed by atoms with Gasteiger partial charge in [-0.1, -0.05) is 6.07 Å². The molecule has 0 atom stereocenters. The Morgan fingerprint density at radius 2 is 1.94 bits per heavy atom. The third kappa shape index (κ3) is 4.29. The van der Waals surface area contributed by atoms with E-state index in [2.05, 4.69) is 19.6 Å². The molecule has 2 aromatic carbocycles. The van der Waals surface area contributed by atoms with Crippen molar-refractivity contribution in [2.24, 2.45) is 0 Å². The second-order valence-electron chi connectivity index (χ2n) is 7.44. The molecular weight excluding hydrogens is 420 g/mol. The number of methoxy groups -OCH3 is 2. The minimum absolute atomic E-state index is 0.259. The van der Waals surface area contributed by atoms with Crippen molar-refractivity contribution in [3.63, 3.8) is 0 Å². The fourth-order valence-corrected chi connectivity index (χ4v) is 4.52. The van der Waals surface area contributed by atoms with Gasteiger partial charge in [0.05, 0.1) is 43.6 Å². The first-order valence-electron chi connectivity index (χ1n) is 9.78. The van der Waals surface area contributed by atoms with Crippen LogP contribution < -0.4 is 24.7 Å². The summed E-state index contributed by atoms with van der Waals surface area (Å²) in [6, 6.07) is 8.83. The van der Waals surface area contributed by atoms with Gasteiger partial charge in [-0.25, -0.2) is 13.4 Å². The molecule has 2 heterocycles. The predicted octanol–water partition coefficient (Wildman–Crippen LogP) is 2.26. The van der Waals surface area contributed by atoms with Crippen molar-refractivity contribution in [3.05, 3.63) is 52.1 Å². The molecule has 0 amide bonds. The summed E-state index contributed by atoms with van der Waals surface area (Å²) in [4.78, 5) is 22.3. The van der Waals surface area contributed by atoms with Gasteiger partial charge in [0.25, 0.3) is 5.56 Å². The van der Waals surface area contributed by atoms with Crippen LogP contribution in [0.1, 0.15) is 17.8 Å². The summed E-state index contributed by atoms with van der Waals surface area (Å²) in [5, 5.41) is 0.417. The lowest BCUT2D eigenvalue weighted by atomic mass is 10.00. The number of fused-ring (bicyclic) bond motifs is 2. The Morgan fingerprint density at radius 1 is 1.19 bits per heavy atom. The Bertz CT molecular complexity index is 1300. The Labute approximate surface area is 180 Å². The van der Waals surface area contributed by atoms with Crippen LogP contribution in [0.25, 0.3) is 10.9 Å². The summed E-state index contributed by atoms with van der Waals surface area (Å²) in [6.07, 6.45) is 2.77. The van der Waals surface area contributed by atoms with Crippen molar-refractivity contribution in [1.29, 1.82) is 0 Å². The molecule has 4 rings (SSSR count). The minimum Gasteiger partial charge on any atom is -0.493 e. The standard InChI is InChI=1S/C21H24N4O5S/c1-29-18-10-14-16(11-19(18)30-2)22-20(23-21(14)26)12-25-9-5-6-13-15(24-31(3,27)28)7-4-8-17(13)25/h4,7-8,10-11,24H,5-6,9,12H2,1-3H3,(H,22,23,26). The zero-order chi connectivity index (χ0) is 22.2. The van der Waals surface area contributed by atoms with Gasteiger partial charge >= 0.3 is 0 Å². The summed E-state index contributed by atoms with van der Waals surface area (Å²) >= 11 is 0. The first kappa shape index (κ1) is 21.0. The highest BCUT2D eigenvalue weighted by Gasteiger charge is 2.22. The van der Waals surface area contributed by atoms with Crippen LogP contribution in [0.3, 0.4) is 0 Å². The highest BCUT2D eigenvalue weighted by molar-refractivity contribution is 7.92. The molecule has 0 aliphatic carbocycles. The number of nitrogens with one attached hydrogen (secondary N) is 2. The van der Waals surface area contributed by atoms with Gasteiger partial charge in [-0.3, -0.25) is 9.52 Å². The van der Waals surface area contributed by atoms with Crippen molar-refractivity contribution in [1.82, 2.24) is 9.97 Å². The summed E-state index contributed by atoms with van der Waals surface area (Å²) in [7, 11) is -0.333. The Morgan fingerprint density at radius 3 is 2.65 bits per heavy atom. The highest BCUT2D eigenvalue weighted by Crippen LogP contribution is 2.34. The van der Waals surface area contributed by atoms with Crippen molar-refractivity contribution < 1.29 is 17.9 Å². The van der Waals surface area contributed by atoms with E-state index in [-0.39, 0.29) is 5.56 Å². The number of H-pyrrole nitrogens is 1. The zero-order valence-corrected chi connectivity index (χ0v) is 18.4. The van der Waals surface area contributed by atoms with Gasteiger partial charge in [-0.05, 0) is 36.6 Å². The van der Waals surface area contributed by atoms with E-state index in [1.807, 2.05) is 12.1 Å². The maximum absolute atomic E-state index is 12.7. The number of sulfonamides is 1. The number of anilines is 2. The van der Waals surface area contributed by atoms with Gasteiger partial charge in [0.1, 0.15) is 5.82 Å². The van der Waals surface area contributed by atoms with Crippen molar-refractivity contribution >= 4 is 32.3 Å². The Hall–Kier alpha value is -3.27. The first-order chi connectivity index (χ1) is 14.8. The molecule has 1 aliphatic rings. The molecule has 10 heteroatoms. The number of rotatable bonds is 6. The van der Waals surface area contributed by atoms with E-state index in [0.29, 0.717) is 40.5 Å². The monoisotopic (exact) mass is 444 g/mol. The number of benzene rings is 2. The lowest BCUT2D eigenvalue weighted by Crippen LogP contribution is -2.31. The summed E-state index contributed by atoms with van der Waals surface area (Å²) in [5.41, 5.74) is 2.71. The fourth-order valence-electron chi connectivity index (χ4n) is 3.93. The SMILES string of the molecule is COc1cc2nc(CN3CCCc4c(NS(C)(=O)=O)cccc43)[nH]c(=O)c2cc1OC. The maximum atomic E-state index is 12.7.